The van der Waals surface area contributed by atoms with E-state index in [1.807, 2.05) is 18.2 Å². The van der Waals surface area contributed by atoms with Crippen LogP contribution in [0.25, 0.3) is 22.1 Å². The normalized spacial score (nSPS) is 11.4. The van der Waals surface area contributed by atoms with E-state index >= 15 is 0 Å². The van der Waals surface area contributed by atoms with Crippen molar-refractivity contribution in [2.75, 3.05) is 0 Å². The van der Waals surface area contributed by atoms with Crippen LogP contribution in [0.2, 0.25) is 0 Å². The maximum atomic E-state index is 12.5. The lowest BCUT2D eigenvalue weighted by Gasteiger charge is -1.98. The Hall–Kier alpha value is -2.10. The molecule has 4 heteroatoms. The predicted octanol–water partition coefficient (Wildman–Crippen LogP) is 2.63. The predicted molar refractivity (Wildman–Crippen MR) is 70.8 cm³/mol. The van der Waals surface area contributed by atoms with Crippen molar-refractivity contribution < 1.29 is 4.42 Å². The molecular formula is C14H14N2O2. The largest absolute Gasteiger partial charge is 0.438 e. The minimum atomic E-state index is 0.0170. The standard InChI is InChI=1S/C14H14N2O2/c1-3-6-10-12-13(17)9-7-4-5-8-11(9)18-14(12)16(2)15-10/h4-5,7-8H,3,6H2,1-2H3. The molecular weight excluding hydrogens is 228 g/mol. The Kier molecular flexibility index (Phi) is 2.44. The number of aromatic nitrogens is 2. The number of rotatable bonds is 2. The first kappa shape index (κ1) is 11.0. The summed E-state index contributed by atoms with van der Waals surface area (Å²) in [6, 6.07) is 7.31. The summed E-state index contributed by atoms with van der Waals surface area (Å²) < 4.78 is 7.43. The van der Waals surface area contributed by atoms with Crippen molar-refractivity contribution in [3.63, 3.8) is 0 Å². The molecule has 92 valence electrons. The molecule has 0 fully saturated rings. The van der Waals surface area contributed by atoms with Crippen molar-refractivity contribution in [1.29, 1.82) is 0 Å². The molecule has 0 aliphatic carbocycles. The summed E-state index contributed by atoms with van der Waals surface area (Å²) in [4.78, 5) is 12.5. The molecule has 4 nitrogen and oxygen atoms in total. The van der Waals surface area contributed by atoms with E-state index in [1.54, 1.807) is 17.8 Å². The Morgan fingerprint density at radius 3 is 2.89 bits per heavy atom. The summed E-state index contributed by atoms with van der Waals surface area (Å²) in [6.07, 6.45) is 1.75. The van der Waals surface area contributed by atoms with Crippen LogP contribution in [-0.2, 0) is 13.5 Å². The number of nitrogens with zero attached hydrogens (tertiary/aromatic N) is 2. The monoisotopic (exact) mass is 242 g/mol. The fourth-order valence-corrected chi connectivity index (χ4v) is 2.30. The van der Waals surface area contributed by atoms with Crippen LogP contribution in [0, 0.1) is 0 Å². The molecule has 0 radical (unpaired) electrons. The number of hydrogen-bond donors (Lipinski definition) is 0. The van der Waals surface area contributed by atoms with Crippen LogP contribution in [0.4, 0.5) is 0 Å². The molecule has 3 rings (SSSR count). The lowest BCUT2D eigenvalue weighted by molar-refractivity contribution is 0.598. The Labute approximate surface area is 104 Å². The summed E-state index contributed by atoms with van der Waals surface area (Å²) in [5.74, 6) is 0. The van der Waals surface area contributed by atoms with Gasteiger partial charge in [0.05, 0.1) is 11.1 Å². The van der Waals surface area contributed by atoms with Gasteiger partial charge in [0.15, 0.2) is 0 Å². The van der Waals surface area contributed by atoms with Crippen LogP contribution in [0.15, 0.2) is 33.5 Å². The number of para-hydroxylation sites is 1. The van der Waals surface area contributed by atoms with E-state index in [1.165, 1.54) is 0 Å². The molecule has 2 aromatic heterocycles. The molecule has 18 heavy (non-hydrogen) atoms. The van der Waals surface area contributed by atoms with E-state index in [-0.39, 0.29) is 5.43 Å². The van der Waals surface area contributed by atoms with Crippen LogP contribution < -0.4 is 5.43 Å². The van der Waals surface area contributed by atoms with Crippen molar-refractivity contribution in [1.82, 2.24) is 9.78 Å². The molecule has 0 saturated carbocycles. The van der Waals surface area contributed by atoms with Gasteiger partial charge >= 0.3 is 0 Å². The molecule has 2 heterocycles. The van der Waals surface area contributed by atoms with E-state index in [9.17, 15) is 4.79 Å². The SMILES string of the molecule is CCCc1nn(C)c2oc3ccccc3c(=O)c12. The highest BCUT2D eigenvalue weighted by atomic mass is 16.3. The van der Waals surface area contributed by atoms with Crippen LogP contribution >= 0.6 is 0 Å². The van der Waals surface area contributed by atoms with Crippen molar-refractivity contribution in [2.24, 2.45) is 7.05 Å². The maximum absolute atomic E-state index is 12.5. The second kappa shape index (κ2) is 3.98. The van der Waals surface area contributed by atoms with Crippen LogP contribution in [0.1, 0.15) is 19.0 Å². The molecule has 0 spiro atoms. The van der Waals surface area contributed by atoms with Gasteiger partial charge in [-0.1, -0.05) is 25.5 Å². The molecule has 3 aromatic rings. The zero-order chi connectivity index (χ0) is 12.7. The highest BCUT2D eigenvalue weighted by molar-refractivity contribution is 5.89. The zero-order valence-electron chi connectivity index (χ0n) is 10.4. The smallest absolute Gasteiger partial charge is 0.229 e. The number of fused-ring (bicyclic) bond motifs is 2. The second-order valence-electron chi connectivity index (χ2n) is 4.43. The minimum Gasteiger partial charge on any atom is -0.438 e. The Morgan fingerprint density at radius 1 is 1.33 bits per heavy atom. The number of benzene rings is 1. The molecule has 0 amide bonds. The molecule has 0 aliphatic rings. The van der Waals surface area contributed by atoms with Crippen LogP contribution in [0.5, 0.6) is 0 Å². The van der Waals surface area contributed by atoms with E-state index < -0.39 is 0 Å². The van der Waals surface area contributed by atoms with Crippen molar-refractivity contribution in [2.45, 2.75) is 19.8 Å². The lowest BCUT2D eigenvalue weighted by Crippen LogP contribution is -2.03. The van der Waals surface area contributed by atoms with Gasteiger partial charge in [0.1, 0.15) is 11.0 Å². The van der Waals surface area contributed by atoms with E-state index in [0.717, 1.165) is 18.5 Å². The fourth-order valence-electron chi connectivity index (χ4n) is 2.30. The number of aryl methyl sites for hydroxylation is 2. The third kappa shape index (κ3) is 1.45. The van der Waals surface area contributed by atoms with Gasteiger partial charge in [-0.25, -0.2) is 4.68 Å². The van der Waals surface area contributed by atoms with Crippen molar-refractivity contribution >= 4 is 22.1 Å². The summed E-state index contributed by atoms with van der Waals surface area (Å²) in [6.45, 7) is 2.07. The van der Waals surface area contributed by atoms with Gasteiger partial charge in [-0.15, -0.1) is 0 Å². The summed E-state index contributed by atoms with van der Waals surface area (Å²) in [5.41, 5.74) is 2.01. The molecule has 0 N–H and O–H groups in total. The highest BCUT2D eigenvalue weighted by Gasteiger charge is 2.16. The summed E-state index contributed by atoms with van der Waals surface area (Å²) in [5, 5.41) is 5.63. The van der Waals surface area contributed by atoms with Crippen molar-refractivity contribution in [3.05, 3.63) is 40.2 Å². The van der Waals surface area contributed by atoms with Gasteiger partial charge in [-0.2, -0.15) is 5.10 Å². The lowest BCUT2D eigenvalue weighted by atomic mass is 10.1. The van der Waals surface area contributed by atoms with Gasteiger partial charge in [-0.3, -0.25) is 4.79 Å². The third-order valence-corrected chi connectivity index (χ3v) is 3.12. The minimum absolute atomic E-state index is 0.0170. The third-order valence-electron chi connectivity index (χ3n) is 3.12. The zero-order valence-corrected chi connectivity index (χ0v) is 10.4. The van der Waals surface area contributed by atoms with Crippen molar-refractivity contribution in [3.8, 4) is 0 Å². The van der Waals surface area contributed by atoms with E-state index in [4.69, 9.17) is 4.42 Å². The molecule has 1 aromatic carbocycles. The van der Waals surface area contributed by atoms with Gasteiger partial charge < -0.3 is 4.42 Å². The maximum Gasteiger partial charge on any atom is 0.229 e. The van der Waals surface area contributed by atoms with E-state index in [2.05, 4.69) is 12.0 Å². The average Bonchev–Trinajstić information content (AvgIpc) is 2.68. The topological polar surface area (TPSA) is 48.0 Å². The van der Waals surface area contributed by atoms with Gasteiger partial charge in [0, 0.05) is 7.05 Å². The van der Waals surface area contributed by atoms with Gasteiger partial charge in [0.25, 0.3) is 0 Å². The second-order valence-corrected chi connectivity index (χ2v) is 4.43. The molecule has 0 unspecified atom stereocenters. The van der Waals surface area contributed by atoms with Crippen LogP contribution in [0.3, 0.4) is 0 Å². The van der Waals surface area contributed by atoms with E-state index in [0.29, 0.717) is 22.1 Å². The molecule has 0 aliphatic heterocycles. The Bertz CT molecular complexity index is 783. The fraction of sp³-hybridized carbons (Fsp3) is 0.286. The van der Waals surface area contributed by atoms with Gasteiger partial charge in [0.2, 0.25) is 11.1 Å². The average molecular weight is 242 g/mol. The summed E-state index contributed by atoms with van der Waals surface area (Å²) >= 11 is 0. The highest BCUT2D eigenvalue weighted by Crippen LogP contribution is 2.21. The summed E-state index contributed by atoms with van der Waals surface area (Å²) in [7, 11) is 1.80. The van der Waals surface area contributed by atoms with Gasteiger partial charge in [-0.05, 0) is 18.6 Å². The Balaban J connectivity index is 2.50. The molecule has 0 bridgehead atoms. The molecule has 0 atom stereocenters. The first-order valence-corrected chi connectivity index (χ1v) is 6.09. The first-order chi connectivity index (χ1) is 8.72. The van der Waals surface area contributed by atoms with Crippen LogP contribution in [-0.4, -0.2) is 9.78 Å². The Morgan fingerprint density at radius 2 is 2.11 bits per heavy atom. The quantitative estimate of drug-likeness (QED) is 0.694. The number of hydrogen-bond acceptors (Lipinski definition) is 3. The molecule has 0 saturated heterocycles. The first-order valence-electron chi connectivity index (χ1n) is 6.09.